The van der Waals surface area contributed by atoms with Gasteiger partial charge < -0.3 is 14.5 Å². The molecule has 6 rings (SSSR count). The lowest BCUT2D eigenvalue weighted by Gasteiger charge is -2.26. The molecule has 46 heavy (non-hydrogen) atoms. The Morgan fingerprint density at radius 2 is 1.50 bits per heavy atom. The molecule has 4 heteroatoms. The normalized spacial score (nSPS) is 20.2. The number of benzene rings is 3. The number of rotatable bonds is 8. The highest BCUT2D eigenvalue weighted by molar-refractivity contribution is 6.03. The van der Waals surface area contributed by atoms with Crippen molar-refractivity contribution in [3.05, 3.63) is 131 Å². The summed E-state index contributed by atoms with van der Waals surface area (Å²) in [5.74, 6) is 1.86. The van der Waals surface area contributed by atoms with Crippen molar-refractivity contribution in [2.75, 3.05) is 37.0 Å². The average molecular weight is 613 g/mol. The molecule has 0 atom stereocenters. The lowest BCUT2D eigenvalue weighted by atomic mass is 9.81. The predicted molar refractivity (Wildman–Crippen MR) is 195 cm³/mol. The fourth-order valence-corrected chi connectivity index (χ4v) is 7.60. The molecule has 238 valence electrons. The maximum atomic E-state index is 6.86. The summed E-state index contributed by atoms with van der Waals surface area (Å²) in [4.78, 5) is 4.59. The Morgan fingerprint density at radius 1 is 0.804 bits per heavy atom. The van der Waals surface area contributed by atoms with Gasteiger partial charge in [-0.2, -0.15) is 4.58 Å². The number of allylic oxidation sites excluding steroid dienone is 7. The van der Waals surface area contributed by atoms with Gasteiger partial charge in [-0.1, -0.05) is 56.3 Å². The van der Waals surface area contributed by atoms with Crippen LogP contribution in [0.3, 0.4) is 0 Å². The number of nitrogens with zero attached hydrogens (tertiary/aromatic N) is 3. The molecule has 2 heterocycles. The van der Waals surface area contributed by atoms with Crippen molar-refractivity contribution in [3.8, 4) is 5.75 Å². The first-order valence-electron chi connectivity index (χ1n) is 17.0. The molecule has 3 aliphatic rings. The zero-order valence-electron chi connectivity index (χ0n) is 29.0. The van der Waals surface area contributed by atoms with Gasteiger partial charge in [0.1, 0.15) is 18.1 Å². The number of ether oxygens (including phenoxy) is 1. The van der Waals surface area contributed by atoms with Crippen molar-refractivity contribution in [2.45, 2.75) is 71.6 Å². The van der Waals surface area contributed by atoms with Gasteiger partial charge in [0.2, 0.25) is 5.69 Å². The molecule has 0 aromatic heterocycles. The second-order valence-corrected chi connectivity index (χ2v) is 13.9. The topological polar surface area (TPSA) is 18.7 Å². The van der Waals surface area contributed by atoms with Crippen molar-refractivity contribution in [1.82, 2.24) is 0 Å². The summed E-state index contributed by atoms with van der Waals surface area (Å²) in [5, 5.41) is 0. The van der Waals surface area contributed by atoms with Gasteiger partial charge in [-0.05, 0) is 106 Å². The van der Waals surface area contributed by atoms with E-state index in [-0.39, 0.29) is 10.8 Å². The van der Waals surface area contributed by atoms with E-state index in [0.717, 1.165) is 49.5 Å². The maximum Gasteiger partial charge on any atom is 0.209 e. The summed E-state index contributed by atoms with van der Waals surface area (Å²) in [6.45, 7) is 15.7. The Balaban J connectivity index is 1.44. The number of hydrogen-bond donors (Lipinski definition) is 0. The maximum absolute atomic E-state index is 6.86. The smallest absolute Gasteiger partial charge is 0.209 e. The molecule has 2 aliphatic heterocycles. The highest BCUT2D eigenvalue weighted by Crippen LogP contribution is 2.48. The zero-order valence-corrected chi connectivity index (χ0v) is 29.0. The van der Waals surface area contributed by atoms with E-state index in [9.17, 15) is 0 Å². The minimum absolute atomic E-state index is 0.0723. The van der Waals surface area contributed by atoms with Gasteiger partial charge in [0.05, 0.1) is 5.41 Å². The van der Waals surface area contributed by atoms with E-state index in [4.69, 9.17) is 4.74 Å². The molecule has 4 nitrogen and oxygen atoms in total. The quantitative estimate of drug-likeness (QED) is 0.236. The van der Waals surface area contributed by atoms with E-state index < -0.39 is 0 Å². The molecule has 3 aromatic carbocycles. The SMILES string of the molecule is CCN1/C(=C/C=C2\CCCC(/C=C/C3=[N+](CC)c4ccccc4C3(C)C)=C2Oc2ccc(N(C)C)cc2)C(C)(C)c2ccccc21. The lowest BCUT2D eigenvalue weighted by molar-refractivity contribution is -0.433. The van der Waals surface area contributed by atoms with Gasteiger partial charge in [-0.15, -0.1) is 0 Å². The van der Waals surface area contributed by atoms with Gasteiger partial charge in [-0.25, -0.2) is 0 Å². The summed E-state index contributed by atoms with van der Waals surface area (Å²) >= 11 is 0. The molecule has 0 bridgehead atoms. The number of para-hydroxylation sites is 2. The summed E-state index contributed by atoms with van der Waals surface area (Å²) in [7, 11) is 4.14. The van der Waals surface area contributed by atoms with Crippen LogP contribution < -0.4 is 14.5 Å². The molecular weight excluding hydrogens is 562 g/mol. The van der Waals surface area contributed by atoms with Crippen molar-refractivity contribution in [3.63, 3.8) is 0 Å². The Hall–Kier alpha value is -4.31. The second kappa shape index (κ2) is 12.5. The average Bonchev–Trinajstić information content (AvgIpc) is 3.41. The molecule has 0 unspecified atom stereocenters. The number of likely N-dealkylation sites (N-methyl/N-ethyl adjacent to an activating group) is 1. The van der Waals surface area contributed by atoms with E-state index in [2.05, 4.69) is 167 Å². The second-order valence-electron chi connectivity index (χ2n) is 13.9. The fraction of sp³-hybridized carbons (Fsp3) is 0.357. The first-order chi connectivity index (χ1) is 22.1. The van der Waals surface area contributed by atoms with Gasteiger partial charge in [0.25, 0.3) is 0 Å². The molecule has 0 saturated carbocycles. The Kier molecular flexibility index (Phi) is 8.58. The first-order valence-corrected chi connectivity index (χ1v) is 17.0. The molecule has 1 aliphatic carbocycles. The van der Waals surface area contributed by atoms with Crippen LogP contribution in [0.4, 0.5) is 17.1 Å². The van der Waals surface area contributed by atoms with Crippen LogP contribution in [0.25, 0.3) is 0 Å². The van der Waals surface area contributed by atoms with Crippen molar-refractivity contribution in [2.24, 2.45) is 0 Å². The van der Waals surface area contributed by atoms with Crippen molar-refractivity contribution >= 4 is 22.8 Å². The highest BCUT2D eigenvalue weighted by Gasteiger charge is 2.43. The molecule has 0 radical (unpaired) electrons. The zero-order chi connectivity index (χ0) is 32.6. The summed E-state index contributed by atoms with van der Waals surface area (Å²) < 4.78 is 9.32. The van der Waals surface area contributed by atoms with Gasteiger partial charge in [0, 0.05) is 60.8 Å². The third-order valence-electron chi connectivity index (χ3n) is 10.2. The fourth-order valence-electron chi connectivity index (χ4n) is 7.60. The number of hydrogen-bond acceptors (Lipinski definition) is 3. The molecule has 3 aromatic rings. The molecule has 0 N–H and O–H groups in total. The Labute approximate surface area is 276 Å². The number of anilines is 2. The van der Waals surface area contributed by atoms with Crippen LogP contribution in [0.2, 0.25) is 0 Å². The minimum Gasteiger partial charge on any atom is -0.457 e. The standard InChI is InChI=1S/C42H50N3O/c1-9-44-36-20-13-11-18-34(36)41(3,4)38(44)28-22-30-16-15-17-31(40(30)46-33-26-24-32(25-27-33)43(7)8)23-29-39-42(5,6)35-19-12-14-21-37(35)45(39)10-2/h11-14,18-29H,9-10,15-17H2,1-8H3/q+1. The van der Waals surface area contributed by atoms with Crippen LogP contribution in [0.5, 0.6) is 5.75 Å². The monoisotopic (exact) mass is 612 g/mol. The molecular formula is C42H50N3O+. The van der Waals surface area contributed by atoms with E-state index >= 15 is 0 Å². The van der Waals surface area contributed by atoms with Crippen LogP contribution in [0.15, 0.2) is 120 Å². The lowest BCUT2D eigenvalue weighted by Crippen LogP contribution is -2.27. The Bertz CT molecular complexity index is 1780. The molecule has 0 saturated heterocycles. The Morgan fingerprint density at radius 3 is 2.20 bits per heavy atom. The van der Waals surface area contributed by atoms with Gasteiger partial charge in [-0.3, -0.25) is 0 Å². The predicted octanol–water partition coefficient (Wildman–Crippen LogP) is 9.85. The van der Waals surface area contributed by atoms with E-state index in [1.54, 1.807) is 0 Å². The molecule has 0 spiro atoms. The number of fused-ring (bicyclic) bond motifs is 2. The van der Waals surface area contributed by atoms with Crippen LogP contribution in [-0.4, -0.2) is 37.5 Å². The van der Waals surface area contributed by atoms with Gasteiger partial charge >= 0.3 is 0 Å². The van der Waals surface area contributed by atoms with Crippen LogP contribution >= 0.6 is 0 Å². The van der Waals surface area contributed by atoms with Crippen LogP contribution in [0, 0.1) is 0 Å². The third-order valence-corrected chi connectivity index (χ3v) is 10.2. The summed E-state index contributed by atoms with van der Waals surface area (Å²) in [5.41, 5.74) is 11.6. The first kappa shape index (κ1) is 31.7. The summed E-state index contributed by atoms with van der Waals surface area (Å²) in [6.07, 6.45) is 12.5. The van der Waals surface area contributed by atoms with Gasteiger partial charge in [0.15, 0.2) is 5.71 Å². The van der Waals surface area contributed by atoms with Crippen molar-refractivity contribution in [1.29, 1.82) is 0 Å². The molecule has 0 fully saturated rings. The largest absolute Gasteiger partial charge is 0.457 e. The van der Waals surface area contributed by atoms with E-state index in [0.29, 0.717) is 0 Å². The molecule has 0 amide bonds. The van der Waals surface area contributed by atoms with Crippen LogP contribution in [0.1, 0.15) is 71.9 Å². The van der Waals surface area contributed by atoms with Crippen LogP contribution in [-0.2, 0) is 10.8 Å². The third kappa shape index (κ3) is 5.53. The minimum atomic E-state index is -0.0723. The van der Waals surface area contributed by atoms with E-state index in [1.165, 1.54) is 45.1 Å². The van der Waals surface area contributed by atoms with Crippen molar-refractivity contribution < 1.29 is 9.31 Å². The highest BCUT2D eigenvalue weighted by atomic mass is 16.5. The van der Waals surface area contributed by atoms with E-state index in [1.807, 2.05) is 0 Å². The summed E-state index contributed by atoms with van der Waals surface area (Å²) in [6, 6.07) is 26.1.